The van der Waals surface area contributed by atoms with Crippen molar-refractivity contribution in [2.45, 2.75) is 65.7 Å². The molecule has 14 heteroatoms. The number of rotatable bonds is 13. The molecule has 1 aromatic carbocycles. The van der Waals surface area contributed by atoms with E-state index in [-0.39, 0.29) is 24.8 Å². The number of pyridine rings is 2. The summed E-state index contributed by atoms with van der Waals surface area (Å²) in [5.41, 5.74) is 7.90. The molecular formula is C27H35N6O7P. The summed E-state index contributed by atoms with van der Waals surface area (Å²) in [6.07, 6.45) is 1.04. The second-order valence-electron chi connectivity index (χ2n) is 9.82. The number of carbonyl (C=O) groups is 1. The highest BCUT2D eigenvalue weighted by Gasteiger charge is 2.41. The van der Waals surface area contributed by atoms with E-state index < -0.39 is 31.6 Å². The van der Waals surface area contributed by atoms with Gasteiger partial charge in [-0.3, -0.25) is 9.32 Å². The van der Waals surface area contributed by atoms with E-state index in [1.54, 1.807) is 30.5 Å². The van der Waals surface area contributed by atoms with Gasteiger partial charge in [0.2, 0.25) is 5.88 Å². The topological polar surface area (TPSA) is 173 Å². The third-order valence-electron chi connectivity index (χ3n) is 5.80. The molecule has 4 rings (SSSR count). The summed E-state index contributed by atoms with van der Waals surface area (Å²) in [5, 5.41) is 14.9. The second-order valence-corrected chi connectivity index (χ2v) is 11.4. The van der Waals surface area contributed by atoms with Gasteiger partial charge in [0, 0.05) is 24.3 Å². The Morgan fingerprint density at radius 1 is 1.17 bits per heavy atom. The molecule has 0 aliphatic carbocycles. The molecule has 41 heavy (non-hydrogen) atoms. The molecule has 0 aliphatic heterocycles. The van der Waals surface area contributed by atoms with Gasteiger partial charge in [0.05, 0.1) is 23.7 Å². The van der Waals surface area contributed by atoms with Gasteiger partial charge in [0.15, 0.2) is 11.6 Å². The van der Waals surface area contributed by atoms with E-state index in [0.717, 1.165) is 5.39 Å². The zero-order valence-corrected chi connectivity index (χ0v) is 24.5. The molecule has 3 aromatic heterocycles. The largest absolute Gasteiger partial charge is 0.463 e. The maximum Gasteiger partial charge on any atom is 0.463 e. The lowest BCUT2D eigenvalue weighted by Gasteiger charge is -2.31. The maximum absolute atomic E-state index is 14.1. The number of aromatic nitrogens is 4. The third-order valence-corrected chi connectivity index (χ3v) is 7.57. The first kappa shape index (κ1) is 30.4. The molecule has 4 aromatic rings. The van der Waals surface area contributed by atoms with E-state index in [0.29, 0.717) is 29.0 Å². The van der Waals surface area contributed by atoms with Crippen molar-refractivity contribution in [2.24, 2.45) is 0 Å². The van der Waals surface area contributed by atoms with Gasteiger partial charge in [-0.2, -0.15) is 5.09 Å². The molecule has 0 bridgehead atoms. The second kappa shape index (κ2) is 12.5. The van der Waals surface area contributed by atoms with Crippen LogP contribution in [0.1, 0.15) is 40.4 Å². The Hall–Kier alpha value is -3.61. The molecule has 1 unspecified atom stereocenters. The summed E-state index contributed by atoms with van der Waals surface area (Å²) < 4.78 is 38.0. The Labute approximate surface area is 237 Å². The number of anilines is 1. The number of para-hydroxylation sites is 1. The number of imidazole rings is 1. The van der Waals surface area contributed by atoms with Crippen molar-refractivity contribution in [1.82, 2.24) is 24.6 Å². The molecule has 0 aliphatic rings. The minimum absolute atomic E-state index is 0.0430. The van der Waals surface area contributed by atoms with Gasteiger partial charge in [0.1, 0.15) is 24.0 Å². The highest BCUT2D eigenvalue weighted by atomic mass is 31.2. The zero-order valence-electron chi connectivity index (χ0n) is 23.6. The Bertz CT molecular complexity index is 1560. The SMILES string of the molecule is CCOCc1nc2c(N)nc3ccccc3c2n1CC(C)(O)O[P@](=O)(N[C@@H](C)C(=O)OC(C)C)Oc1ccccn1. The number of aliphatic hydroxyl groups is 1. The van der Waals surface area contributed by atoms with Crippen molar-refractivity contribution < 1.29 is 33.0 Å². The lowest BCUT2D eigenvalue weighted by molar-refractivity contribution is -0.150. The van der Waals surface area contributed by atoms with Crippen molar-refractivity contribution in [3.05, 3.63) is 54.5 Å². The van der Waals surface area contributed by atoms with Crippen molar-refractivity contribution in [3.8, 4) is 5.88 Å². The fourth-order valence-electron chi connectivity index (χ4n) is 4.18. The van der Waals surface area contributed by atoms with Gasteiger partial charge in [-0.05, 0) is 46.8 Å². The Morgan fingerprint density at radius 2 is 1.90 bits per heavy atom. The highest BCUT2D eigenvalue weighted by Crippen LogP contribution is 2.48. The molecule has 0 saturated carbocycles. The molecule has 4 N–H and O–H groups in total. The number of esters is 1. The molecule has 0 fully saturated rings. The molecule has 3 heterocycles. The van der Waals surface area contributed by atoms with E-state index in [9.17, 15) is 14.5 Å². The van der Waals surface area contributed by atoms with Crippen molar-refractivity contribution in [3.63, 3.8) is 0 Å². The number of hydrogen-bond donors (Lipinski definition) is 3. The Kier molecular flexibility index (Phi) is 9.25. The molecule has 0 amide bonds. The van der Waals surface area contributed by atoms with Crippen LogP contribution < -0.4 is 15.3 Å². The normalized spacial score (nSPS) is 15.5. The van der Waals surface area contributed by atoms with Crippen LogP contribution in [0, 0.1) is 0 Å². The number of nitrogens with zero attached hydrogens (tertiary/aromatic N) is 4. The summed E-state index contributed by atoms with van der Waals surface area (Å²) in [4.78, 5) is 25.6. The molecule has 220 valence electrons. The van der Waals surface area contributed by atoms with E-state index >= 15 is 0 Å². The fourth-order valence-corrected chi connectivity index (χ4v) is 5.83. The van der Waals surface area contributed by atoms with Crippen LogP contribution in [0.2, 0.25) is 0 Å². The van der Waals surface area contributed by atoms with Gasteiger partial charge >= 0.3 is 13.7 Å². The van der Waals surface area contributed by atoms with Crippen molar-refractivity contribution in [2.75, 3.05) is 12.3 Å². The lowest BCUT2D eigenvalue weighted by atomic mass is 10.2. The average molecular weight is 587 g/mol. The number of nitrogens with one attached hydrogen (secondary N) is 1. The van der Waals surface area contributed by atoms with E-state index in [2.05, 4.69) is 20.0 Å². The van der Waals surface area contributed by atoms with Crippen LogP contribution in [0.25, 0.3) is 21.9 Å². The quantitative estimate of drug-likeness (QED) is 0.117. The average Bonchev–Trinajstić information content (AvgIpc) is 3.25. The molecule has 0 saturated heterocycles. The summed E-state index contributed by atoms with van der Waals surface area (Å²) in [5.74, 6) is -2.20. The van der Waals surface area contributed by atoms with E-state index in [4.69, 9.17) is 24.3 Å². The van der Waals surface area contributed by atoms with Crippen LogP contribution in [0.15, 0.2) is 48.7 Å². The first-order chi connectivity index (χ1) is 19.4. The predicted octanol–water partition coefficient (Wildman–Crippen LogP) is 3.94. The number of carbonyl (C=O) groups excluding carboxylic acids is 1. The summed E-state index contributed by atoms with van der Waals surface area (Å²) in [7, 11) is -4.45. The first-order valence-corrected chi connectivity index (χ1v) is 14.7. The van der Waals surface area contributed by atoms with Gasteiger partial charge in [0.25, 0.3) is 0 Å². The molecule has 3 atom stereocenters. The van der Waals surface area contributed by atoms with Crippen molar-refractivity contribution >= 4 is 41.5 Å². The molecule has 0 radical (unpaired) electrons. The van der Waals surface area contributed by atoms with Crippen LogP contribution in [0.4, 0.5) is 5.82 Å². The van der Waals surface area contributed by atoms with Crippen LogP contribution in [-0.2, 0) is 36.5 Å². The number of nitrogens with two attached hydrogens (primary N) is 1. The van der Waals surface area contributed by atoms with Crippen LogP contribution in [-0.4, -0.2) is 55.1 Å². The van der Waals surface area contributed by atoms with Gasteiger partial charge in [-0.15, -0.1) is 0 Å². The summed E-state index contributed by atoms with van der Waals surface area (Å²) in [6, 6.07) is 11.0. The minimum atomic E-state index is -4.45. The van der Waals surface area contributed by atoms with E-state index in [1.807, 2.05) is 31.2 Å². The van der Waals surface area contributed by atoms with Gasteiger partial charge < -0.3 is 29.4 Å². The fraction of sp³-hybridized carbons (Fsp3) is 0.407. The van der Waals surface area contributed by atoms with Gasteiger partial charge in [-0.1, -0.05) is 24.3 Å². The zero-order chi connectivity index (χ0) is 29.8. The van der Waals surface area contributed by atoms with E-state index in [1.165, 1.54) is 26.1 Å². The number of benzene rings is 1. The number of nitrogen functional groups attached to an aromatic ring is 1. The molecule has 0 spiro atoms. The minimum Gasteiger partial charge on any atom is -0.462 e. The smallest absolute Gasteiger partial charge is 0.462 e. The Balaban J connectivity index is 1.73. The summed E-state index contributed by atoms with van der Waals surface area (Å²) >= 11 is 0. The van der Waals surface area contributed by atoms with Crippen molar-refractivity contribution in [1.29, 1.82) is 0 Å². The molecular weight excluding hydrogens is 551 g/mol. The summed E-state index contributed by atoms with van der Waals surface area (Å²) in [6.45, 7) is 8.26. The van der Waals surface area contributed by atoms with Crippen LogP contribution in [0.5, 0.6) is 5.88 Å². The molecule has 13 nitrogen and oxygen atoms in total. The predicted molar refractivity (Wildman–Crippen MR) is 153 cm³/mol. The van der Waals surface area contributed by atoms with Crippen LogP contribution >= 0.6 is 7.75 Å². The number of hydrogen-bond acceptors (Lipinski definition) is 11. The number of ether oxygens (including phenoxy) is 2. The maximum atomic E-state index is 14.1. The Morgan fingerprint density at radius 3 is 2.59 bits per heavy atom. The highest BCUT2D eigenvalue weighted by molar-refractivity contribution is 7.52. The first-order valence-electron chi connectivity index (χ1n) is 13.1. The number of fused-ring (bicyclic) bond motifs is 3. The standard InChI is InChI=1S/C27H35N6O7P/c1-6-37-15-21-31-23-24(19-11-7-8-12-20(19)30-25(23)28)33(21)16-27(5,35)40-41(36,39-22-13-9-10-14-29-22)32-18(4)26(34)38-17(2)3/h7-14,17-18,35H,6,15-16H2,1-5H3,(H2,28,30)(H,32,36)/t18-,27?,41-/m0/s1. The third kappa shape index (κ3) is 7.38. The lowest BCUT2D eigenvalue weighted by Crippen LogP contribution is -2.41. The monoisotopic (exact) mass is 586 g/mol. The van der Waals surface area contributed by atoms with Gasteiger partial charge in [-0.25, -0.2) is 19.5 Å². The van der Waals surface area contributed by atoms with Crippen LogP contribution in [0.3, 0.4) is 0 Å².